The molecule has 0 bridgehead atoms. The third-order valence-electron chi connectivity index (χ3n) is 10.1. The molecule has 0 spiro atoms. The fourth-order valence-electron chi connectivity index (χ4n) is 7.63. The smallest absolute Gasteiger partial charge is 0.164 e. The van der Waals surface area contributed by atoms with E-state index in [1.54, 1.807) is 0 Å². The molecular weight excluding hydrogens is 641 g/mol. The molecule has 6 nitrogen and oxygen atoms in total. The Morgan fingerprint density at radius 3 is 2.13 bits per heavy atom. The van der Waals surface area contributed by atoms with Crippen molar-refractivity contribution >= 4 is 60.7 Å². The van der Waals surface area contributed by atoms with Crippen molar-refractivity contribution in [2.75, 3.05) is 0 Å². The molecular formula is C46H27N4O2-. The van der Waals surface area contributed by atoms with E-state index in [1.807, 2.05) is 72.9 Å². The highest BCUT2D eigenvalue weighted by atomic mass is 16.3. The van der Waals surface area contributed by atoms with E-state index in [4.69, 9.17) is 23.8 Å². The number of hydrogen-bond acceptors (Lipinski definition) is 5. The van der Waals surface area contributed by atoms with Crippen LogP contribution in [-0.4, -0.2) is 15.0 Å². The van der Waals surface area contributed by atoms with Gasteiger partial charge in [0, 0.05) is 43.8 Å². The van der Waals surface area contributed by atoms with Gasteiger partial charge < -0.3 is 14.2 Å². The highest BCUT2D eigenvalue weighted by Crippen LogP contribution is 2.44. The molecule has 1 aliphatic rings. The summed E-state index contributed by atoms with van der Waals surface area (Å²) in [4.78, 5) is 15.6. The van der Waals surface area contributed by atoms with Gasteiger partial charge in [0.2, 0.25) is 0 Å². The third-order valence-corrected chi connectivity index (χ3v) is 10.1. The molecule has 0 amide bonds. The van der Waals surface area contributed by atoms with Gasteiger partial charge in [-0.15, -0.1) is 6.54 Å². The Balaban J connectivity index is 1.21. The van der Waals surface area contributed by atoms with Gasteiger partial charge in [-0.1, -0.05) is 109 Å². The van der Waals surface area contributed by atoms with Crippen LogP contribution in [0.15, 0.2) is 155 Å². The zero-order valence-electron chi connectivity index (χ0n) is 27.7. The molecule has 0 unspecified atom stereocenters. The Bertz CT molecular complexity index is 3080. The van der Waals surface area contributed by atoms with Gasteiger partial charge in [-0.2, -0.15) is 6.20 Å². The fraction of sp³-hybridized carbons (Fsp3) is 0.0217. The highest BCUT2D eigenvalue weighted by Gasteiger charge is 2.23. The van der Waals surface area contributed by atoms with Crippen LogP contribution in [0.25, 0.3) is 111 Å². The lowest BCUT2D eigenvalue weighted by Crippen LogP contribution is -2.01. The molecule has 4 heterocycles. The minimum absolute atomic E-state index is 0.564. The van der Waals surface area contributed by atoms with Crippen molar-refractivity contribution in [1.29, 1.82) is 0 Å². The average Bonchev–Trinajstić information content (AvgIpc) is 3.78. The number of fused-ring (bicyclic) bond motifs is 8. The minimum Gasteiger partial charge on any atom is -0.687 e. The Kier molecular flexibility index (Phi) is 6.21. The largest absolute Gasteiger partial charge is 0.687 e. The zero-order valence-corrected chi connectivity index (χ0v) is 27.7. The van der Waals surface area contributed by atoms with Crippen LogP contribution in [0.1, 0.15) is 11.1 Å². The maximum atomic E-state index is 6.86. The zero-order chi connectivity index (χ0) is 34.2. The predicted molar refractivity (Wildman–Crippen MR) is 210 cm³/mol. The average molecular weight is 668 g/mol. The van der Waals surface area contributed by atoms with Crippen LogP contribution in [-0.2, 0) is 6.54 Å². The molecule has 0 saturated carbocycles. The lowest BCUT2D eigenvalue weighted by atomic mass is 9.95. The van der Waals surface area contributed by atoms with E-state index in [9.17, 15) is 0 Å². The predicted octanol–water partition coefficient (Wildman–Crippen LogP) is 12.3. The molecule has 0 radical (unpaired) electrons. The molecule has 0 saturated heterocycles. The first-order valence-corrected chi connectivity index (χ1v) is 17.3. The molecule has 0 atom stereocenters. The number of nitrogens with zero attached hydrogens (tertiary/aromatic N) is 4. The summed E-state index contributed by atoms with van der Waals surface area (Å²) in [6.07, 6.45) is 3.91. The number of rotatable bonds is 4. The summed E-state index contributed by atoms with van der Waals surface area (Å²) in [6.45, 7) is 0.616. The molecule has 7 aromatic carbocycles. The van der Waals surface area contributed by atoms with Crippen LogP contribution in [0.2, 0.25) is 0 Å². The van der Waals surface area contributed by atoms with Gasteiger partial charge in [0.25, 0.3) is 0 Å². The van der Waals surface area contributed by atoms with Gasteiger partial charge in [-0.3, -0.25) is 0 Å². The molecule has 0 fully saturated rings. The summed E-state index contributed by atoms with van der Waals surface area (Å²) < 4.78 is 13.1. The van der Waals surface area contributed by atoms with Gasteiger partial charge in [0.1, 0.15) is 22.3 Å². The first kappa shape index (κ1) is 28.8. The monoisotopic (exact) mass is 667 g/mol. The standard InChI is InChI=1S/C46H27N4O2/c1-2-10-28(11-3-1)44-48-45(35-14-8-16-39-41(35)34-13-6-7-15-38(34)51-39)50-46(49-44)36-20-19-33(31-18-17-27-9-4-5-12-29(27)23-31)43-42(36)37-24-32-26-47-22-21-30(32)25-40(37)52-43/h1-25H,26H2/q-1. The number of furan rings is 2. The van der Waals surface area contributed by atoms with Crippen molar-refractivity contribution in [3.63, 3.8) is 0 Å². The van der Waals surface area contributed by atoms with Crippen LogP contribution >= 0.6 is 0 Å². The summed E-state index contributed by atoms with van der Waals surface area (Å²) in [5, 5.41) is 10.9. The number of hydrogen-bond donors (Lipinski definition) is 0. The topological polar surface area (TPSA) is 79.1 Å². The van der Waals surface area contributed by atoms with Gasteiger partial charge >= 0.3 is 0 Å². The lowest BCUT2D eigenvalue weighted by Gasteiger charge is -2.22. The van der Waals surface area contributed by atoms with E-state index in [0.717, 1.165) is 82.8 Å². The van der Waals surface area contributed by atoms with E-state index >= 15 is 0 Å². The summed E-state index contributed by atoms with van der Waals surface area (Å²) in [5.41, 5.74) is 10.2. The molecule has 0 N–H and O–H groups in total. The Labute approximate surface area is 297 Å². The number of aromatic nitrogens is 3. The van der Waals surface area contributed by atoms with Crippen LogP contribution < -0.4 is 0 Å². The first-order chi connectivity index (χ1) is 25.7. The van der Waals surface area contributed by atoms with Crippen molar-refractivity contribution < 1.29 is 8.83 Å². The van der Waals surface area contributed by atoms with Crippen LogP contribution in [0.4, 0.5) is 0 Å². The molecule has 244 valence electrons. The number of benzene rings is 7. The fourth-order valence-corrected chi connectivity index (χ4v) is 7.63. The van der Waals surface area contributed by atoms with Gasteiger partial charge in [-0.05, 0) is 64.4 Å². The first-order valence-electron chi connectivity index (χ1n) is 17.3. The second-order valence-corrected chi connectivity index (χ2v) is 13.2. The quantitative estimate of drug-likeness (QED) is 0.187. The minimum atomic E-state index is 0.564. The Hall–Kier alpha value is -7.05. The van der Waals surface area contributed by atoms with Crippen LogP contribution in [0.5, 0.6) is 0 Å². The van der Waals surface area contributed by atoms with Crippen molar-refractivity contribution in [2.24, 2.45) is 0 Å². The second-order valence-electron chi connectivity index (χ2n) is 13.2. The van der Waals surface area contributed by atoms with Gasteiger partial charge in [0.05, 0.1) is 0 Å². The van der Waals surface area contributed by atoms with E-state index in [2.05, 4.69) is 84.2 Å². The Morgan fingerprint density at radius 1 is 0.481 bits per heavy atom. The molecule has 0 aliphatic carbocycles. The summed E-state index contributed by atoms with van der Waals surface area (Å²) >= 11 is 0. The van der Waals surface area contributed by atoms with Gasteiger partial charge in [0.15, 0.2) is 17.5 Å². The van der Waals surface area contributed by atoms with E-state index < -0.39 is 0 Å². The van der Waals surface area contributed by atoms with Crippen molar-refractivity contribution in [1.82, 2.24) is 15.0 Å². The molecule has 1 aliphatic heterocycles. The molecule has 52 heavy (non-hydrogen) atoms. The molecule has 6 heteroatoms. The van der Waals surface area contributed by atoms with Crippen LogP contribution in [0.3, 0.4) is 0 Å². The van der Waals surface area contributed by atoms with Crippen LogP contribution in [0, 0.1) is 0 Å². The molecule has 10 aromatic rings. The van der Waals surface area contributed by atoms with Crippen molar-refractivity contribution in [3.05, 3.63) is 162 Å². The molecule has 11 rings (SSSR count). The number of para-hydroxylation sites is 1. The Morgan fingerprint density at radius 2 is 1.23 bits per heavy atom. The van der Waals surface area contributed by atoms with E-state index in [-0.39, 0.29) is 0 Å². The van der Waals surface area contributed by atoms with E-state index in [1.165, 1.54) is 10.8 Å². The summed E-state index contributed by atoms with van der Waals surface area (Å²) in [7, 11) is 0. The maximum Gasteiger partial charge on any atom is 0.164 e. The summed E-state index contributed by atoms with van der Waals surface area (Å²) in [6, 6.07) is 47.8. The highest BCUT2D eigenvalue weighted by molar-refractivity contribution is 6.17. The van der Waals surface area contributed by atoms with E-state index in [0.29, 0.717) is 24.0 Å². The molecule has 3 aromatic heterocycles. The van der Waals surface area contributed by atoms with Crippen molar-refractivity contribution in [3.8, 4) is 45.3 Å². The second kappa shape index (κ2) is 11.2. The maximum absolute atomic E-state index is 6.86. The van der Waals surface area contributed by atoms with Crippen molar-refractivity contribution in [2.45, 2.75) is 6.54 Å². The lowest BCUT2D eigenvalue weighted by molar-refractivity contribution is 0.669. The third kappa shape index (κ3) is 4.48. The van der Waals surface area contributed by atoms with Gasteiger partial charge in [-0.25, -0.2) is 15.0 Å². The SMILES string of the molecule is C1=Cc2cc3oc4c(-c5ccc6ccccc6c5)ccc(-c5nc(-c6ccccc6)nc(-c6cccc7oc8ccccc8c67)n5)c4c3cc2C[N-]1. The normalized spacial score (nSPS) is 12.6. The summed E-state index contributed by atoms with van der Waals surface area (Å²) in [5.74, 6) is 1.72.